The van der Waals surface area contributed by atoms with Crippen molar-refractivity contribution in [2.24, 2.45) is 5.92 Å². The molecule has 1 aromatic carbocycles. The molecule has 1 aliphatic heterocycles. The van der Waals surface area contributed by atoms with E-state index in [0.717, 1.165) is 50.7 Å². The summed E-state index contributed by atoms with van der Waals surface area (Å²) in [6, 6.07) is 6.78. The van der Waals surface area contributed by atoms with E-state index in [4.69, 9.17) is 9.72 Å². The van der Waals surface area contributed by atoms with Crippen molar-refractivity contribution in [2.45, 2.75) is 32.6 Å². The summed E-state index contributed by atoms with van der Waals surface area (Å²) in [5.41, 5.74) is 0.482. The van der Waals surface area contributed by atoms with Gasteiger partial charge in [-0.2, -0.15) is 5.10 Å². The highest BCUT2D eigenvalue weighted by Crippen LogP contribution is 2.28. The van der Waals surface area contributed by atoms with Crippen molar-refractivity contribution in [3.63, 3.8) is 0 Å². The van der Waals surface area contributed by atoms with Crippen LogP contribution in [0.15, 0.2) is 24.3 Å². The molecule has 0 aliphatic carbocycles. The Kier molecular flexibility index (Phi) is 5.81. The average molecular weight is 346 g/mol. The summed E-state index contributed by atoms with van der Waals surface area (Å²) in [6.07, 6.45) is 1.81. The van der Waals surface area contributed by atoms with Crippen LogP contribution in [0.1, 0.15) is 37.8 Å². The molecule has 5 nitrogen and oxygen atoms in total. The van der Waals surface area contributed by atoms with Crippen LogP contribution in [0.3, 0.4) is 0 Å². The molecule has 3 rings (SSSR count). The summed E-state index contributed by atoms with van der Waals surface area (Å²) in [7, 11) is 1.72. The van der Waals surface area contributed by atoms with Crippen molar-refractivity contribution in [1.29, 1.82) is 0 Å². The number of para-hydroxylation sites is 1. The first-order valence-corrected chi connectivity index (χ1v) is 9.00. The third-order valence-corrected chi connectivity index (χ3v) is 4.60. The minimum Gasteiger partial charge on any atom is -0.383 e. The molecule has 2 heterocycles. The molecule has 1 fully saturated rings. The Morgan fingerprint density at radius 3 is 2.84 bits per heavy atom. The highest BCUT2D eigenvalue weighted by Gasteiger charge is 2.29. The number of rotatable bonds is 7. The maximum Gasteiger partial charge on any atom is 0.151 e. The minimum absolute atomic E-state index is 0.265. The van der Waals surface area contributed by atoms with Crippen molar-refractivity contribution in [3.8, 4) is 5.69 Å². The molecule has 136 valence electrons. The Hall–Kier alpha value is -1.79. The Balaban J connectivity index is 1.89. The first-order valence-electron chi connectivity index (χ1n) is 9.00. The number of aromatic nitrogens is 3. The topological polar surface area (TPSA) is 43.2 Å². The second-order valence-corrected chi connectivity index (χ2v) is 7.13. The van der Waals surface area contributed by atoms with Crippen LogP contribution in [-0.4, -0.2) is 53.0 Å². The molecule has 0 saturated carbocycles. The van der Waals surface area contributed by atoms with Gasteiger partial charge in [-0.25, -0.2) is 14.1 Å². The number of halogens is 1. The van der Waals surface area contributed by atoms with E-state index in [2.05, 4.69) is 23.8 Å². The van der Waals surface area contributed by atoms with Crippen molar-refractivity contribution in [3.05, 3.63) is 41.7 Å². The van der Waals surface area contributed by atoms with E-state index in [1.54, 1.807) is 23.9 Å². The summed E-state index contributed by atoms with van der Waals surface area (Å²) in [5, 5.41) is 4.64. The Morgan fingerprint density at radius 1 is 1.32 bits per heavy atom. The Labute approximate surface area is 148 Å². The summed E-state index contributed by atoms with van der Waals surface area (Å²) >= 11 is 0. The van der Waals surface area contributed by atoms with Crippen molar-refractivity contribution in [2.75, 3.05) is 33.4 Å². The summed E-state index contributed by atoms with van der Waals surface area (Å²) in [5.74, 6) is 2.14. The quantitative estimate of drug-likeness (QED) is 0.773. The lowest BCUT2D eigenvalue weighted by molar-refractivity contribution is 0.160. The summed E-state index contributed by atoms with van der Waals surface area (Å²) < 4.78 is 21.2. The van der Waals surface area contributed by atoms with Crippen LogP contribution >= 0.6 is 0 Å². The van der Waals surface area contributed by atoms with Crippen molar-refractivity contribution in [1.82, 2.24) is 19.7 Å². The Bertz CT molecular complexity index is 700. The molecular formula is C19H27FN4O. The number of hydrogen-bond donors (Lipinski definition) is 0. The lowest BCUT2D eigenvalue weighted by atomic mass is 10.1. The van der Waals surface area contributed by atoms with E-state index in [0.29, 0.717) is 11.6 Å². The van der Waals surface area contributed by atoms with E-state index in [9.17, 15) is 4.39 Å². The fraction of sp³-hybridized carbons (Fsp3) is 0.579. The largest absolute Gasteiger partial charge is 0.383 e. The van der Waals surface area contributed by atoms with Crippen LogP contribution in [-0.2, 0) is 11.2 Å². The molecule has 6 heteroatoms. The van der Waals surface area contributed by atoms with Gasteiger partial charge in [0.1, 0.15) is 17.3 Å². The molecule has 0 unspecified atom stereocenters. The zero-order valence-electron chi connectivity index (χ0n) is 15.3. The van der Waals surface area contributed by atoms with Gasteiger partial charge in [-0.1, -0.05) is 26.0 Å². The van der Waals surface area contributed by atoms with E-state index in [1.165, 1.54) is 6.07 Å². The highest BCUT2D eigenvalue weighted by atomic mass is 19.1. The number of methoxy groups -OCH3 is 1. The van der Waals surface area contributed by atoms with Gasteiger partial charge in [0.2, 0.25) is 0 Å². The lowest BCUT2D eigenvalue weighted by Crippen LogP contribution is -2.25. The number of ether oxygens (including phenoxy) is 1. The molecule has 0 spiro atoms. The van der Waals surface area contributed by atoms with Gasteiger partial charge in [0.15, 0.2) is 5.82 Å². The van der Waals surface area contributed by atoms with Gasteiger partial charge in [-0.05, 0) is 31.0 Å². The maximum atomic E-state index is 14.3. The second kappa shape index (κ2) is 8.06. The van der Waals surface area contributed by atoms with Crippen molar-refractivity contribution < 1.29 is 9.13 Å². The van der Waals surface area contributed by atoms with E-state index in [1.807, 2.05) is 6.07 Å². The Morgan fingerprint density at radius 2 is 2.12 bits per heavy atom. The molecular weight excluding hydrogens is 319 g/mol. The first-order chi connectivity index (χ1) is 12.1. The molecule has 1 atom stereocenters. The monoisotopic (exact) mass is 346 g/mol. The SMILES string of the molecule is COCCN1CC[C@@H](c2nc(CC(C)C)nn2-c2ccccc2F)C1. The maximum absolute atomic E-state index is 14.3. The van der Waals surface area contributed by atoms with Gasteiger partial charge < -0.3 is 9.64 Å². The summed E-state index contributed by atoms with van der Waals surface area (Å²) in [6.45, 7) is 7.86. The van der Waals surface area contributed by atoms with Gasteiger partial charge in [-0.15, -0.1) is 0 Å². The molecule has 2 aromatic rings. The number of nitrogens with zero attached hydrogens (tertiary/aromatic N) is 4. The summed E-state index contributed by atoms with van der Waals surface area (Å²) in [4.78, 5) is 7.16. The second-order valence-electron chi connectivity index (χ2n) is 7.13. The molecule has 0 amide bonds. The van der Waals surface area contributed by atoms with Crippen LogP contribution in [0, 0.1) is 11.7 Å². The standard InChI is InChI=1S/C19H27FN4O/c1-14(2)12-18-21-19(15-8-9-23(13-15)10-11-25-3)24(22-18)17-7-5-4-6-16(17)20/h4-7,14-15H,8-13H2,1-3H3/t15-/m1/s1. The van der Waals surface area contributed by atoms with E-state index >= 15 is 0 Å². The first kappa shape index (κ1) is 18.0. The van der Waals surface area contributed by atoms with Gasteiger partial charge in [-0.3, -0.25) is 0 Å². The third-order valence-electron chi connectivity index (χ3n) is 4.60. The van der Waals surface area contributed by atoms with Gasteiger partial charge in [0.25, 0.3) is 0 Å². The normalized spacial score (nSPS) is 18.4. The fourth-order valence-corrected chi connectivity index (χ4v) is 3.35. The van der Waals surface area contributed by atoms with E-state index in [-0.39, 0.29) is 11.7 Å². The lowest BCUT2D eigenvalue weighted by Gasteiger charge is -2.15. The zero-order chi connectivity index (χ0) is 17.8. The minimum atomic E-state index is -0.265. The number of benzene rings is 1. The smallest absolute Gasteiger partial charge is 0.151 e. The number of likely N-dealkylation sites (tertiary alicyclic amines) is 1. The third kappa shape index (κ3) is 4.25. The van der Waals surface area contributed by atoms with E-state index < -0.39 is 0 Å². The molecule has 0 radical (unpaired) electrons. The molecule has 1 saturated heterocycles. The number of hydrogen-bond acceptors (Lipinski definition) is 4. The van der Waals surface area contributed by atoms with Gasteiger partial charge in [0.05, 0.1) is 6.61 Å². The molecule has 0 N–H and O–H groups in total. The van der Waals surface area contributed by atoms with Crippen LogP contribution in [0.4, 0.5) is 4.39 Å². The predicted molar refractivity (Wildman–Crippen MR) is 95.5 cm³/mol. The van der Waals surface area contributed by atoms with Gasteiger partial charge in [0, 0.05) is 32.5 Å². The fourth-order valence-electron chi connectivity index (χ4n) is 3.35. The molecule has 0 bridgehead atoms. The van der Waals surface area contributed by atoms with Crippen LogP contribution in [0.5, 0.6) is 0 Å². The molecule has 1 aromatic heterocycles. The molecule has 1 aliphatic rings. The highest BCUT2D eigenvalue weighted by molar-refractivity contribution is 5.34. The van der Waals surface area contributed by atoms with Crippen molar-refractivity contribution >= 4 is 0 Å². The van der Waals surface area contributed by atoms with Crippen LogP contribution in [0.25, 0.3) is 5.69 Å². The average Bonchev–Trinajstić information content (AvgIpc) is 3.19. The van der Waals surface area contributed by atoms with Gasteiger partial charge >= 0.3 is 0 Å². The molecule has 25 heavy (non-hydrogen) atoms. The predicted octanol–water partition coefficient (Wildman–Crippen LogP) is 3.04. The van der Waals surface area contributed by atoms with Crippen LogP contribution < -0.4 is 0 Å². The zero-order valence-corrected chi connectivity index (χ0v) is 15.3. The van der Waals surface area contributed by atoms with Crippen LogP contribution in [0.2, 0.25) is 0 Å².